The van der Waals surface area contributed by atoms with Gasteiger partial charge in [-0.1, -0.05) is 26.2 Å². The lowest BCUT2D eigenvalue weighted by atomic mass is 9.66. The average Bonchev–Trinajstić information content (AvgIpc) is 2.74. The Morgan fingerprint density at radius 1 is 1.21 bits per heavy atom. The number of nitrogens with zero attached hydrogens (tertiary/aromatic N) is 1. The molecular weight excluding hydrogens is 174 g/mol. The molecule has 0 aromatic heterocycles. The molecule has 2 unspecified atom stereocenters. The smallest absolute Gasteiger partial charge is 0.0885 e. The zero-order valence-corrected chi connectivity index (χ0v) is 8.92. The van der Waals surface area contributed by atoms with E-state index in [0.29, 0.717) is 5.92 Å². The van der Waals surface area contributed by atoms with Crippen LogP contribution in [0.5, 0.6) is 0 Å². The van der Waals surface area contributed by atoms with E-state index < -0.39 is 11.0 Å². The summed E-state index contributed by atoms with van der Waals surface area (Å²) < 4.78 is 0. The van der Waals surface area contributed by atoms with Gasteiger partial charge in [-0.2, -0.15) is 5.26 Å². The minimum absolute atomic E-state index is 0.371. The molecule has 2 aliphatic rings. The Morgan fingerprint density at radius 3 is 2.29 bits per heavy atom. The molecule has 78 valence electrons. The van der Waals surface area contributed by atoms with Crippen molar-refractivity contribution in [2.45, 2.75) is 57.5 Å². The quantitative estimate of drug-likeness (QED) is 0.695. The van der Waals surface area contributed by atoms with Gasteiger partial charge in [0.25, 0.3) is 0 Å². The molecule has 0 bridgehead atoms. The summed E-state index contributed by atoms with van der Waals surface area (Å²) in [5.74, 6) is 0.371. The number of nitriles is 1. The maximum atomic E-state index is 10.6. The van der Waals surface area contributed by atoms with E-state index in [4.69, 9.17) is 0 Å². The van der Waals surface area contributed by atoms with Crippen molar-refractivity contribution in [2.75, 3.05) is 0 Å². The highest BCUT2D eigenvalue weighted by atomic mass is 16.3. The molecule has 2 atom stereocenters. The Balaban J connectivity index is 2.32. The van der Waals surface area contributed by atoms with E-state index in [9.17, 15) is 10.4 Å². The summed E-state index contributed by atoms with van der Waals surface area (Å²) >= 11 is 0. The Morgan fingerprint density at radius 2 is 1.86 bits per heavy atom. The first-order valence-electron chi connectivity index (χ1n) is 5.78. The van der Waals surface area contributed by atoms with Crippen LogP contribution in [0.2, 0.25) is 0 Å². The second-order valence-corrected chi connectivity index (χ2v) is 5.12. The predicted octanol–water partition coefficient (Wildman–Crippen LogP) is 2.62. The van der Waals surface area contributed by atoms with E-state index in [1.165, 1.54) is 0 Å². The van der Waals surface area contributed by atoms with Gasteiger partial charge in [0.05, 0.1) is 17.1 Å². The van der Waals surface area contributed by atoms with Crippen LogP contribution in [-0.2, 0) is 0 Å². The normalized spacial score (nSPS) is 41.1. The molecule has 1 N–H and O–H groups in total. The molecular formula is C12H19NO. The van der Waals surface area contributed by atoms with Gasteiger partial charge in [-0.3, -0.25) is 0 Å². The summed E-state index contributed by atoms with van der Waals surface area (Å²) in [5, 5.41) is 20.0. The first-order chi connectivity index (χ1) is 6.65. The molecule has 2 heteroatoms. The standard InChI is InChI=1S/C12H19NO/c1-10-5-4-6-11(10,9-13)12(14)7-2-3-8-12/h10,14H,2-8H2,1H3. The first kappa shape index (κ1) is 9.98. The van der Waals surface area contributed by atoms with Crippen molar-refractivity contribution in [3.8, 4) is 6.07 Å². The molecule has 14 heavy (non-hydrogen) atoms. The zero-order chi connectivity index (χ0) is 10.2. The lowest BCUT2D eigenvalue weighted by Crippen LogP contribution is -2.47. The van der Waals surface area contributed by atoms with Crippen LogP contribution in [0.15, 0.2) is 0 Å². The highest BCUT2D eigenvalue weighted by Gasteiger charge is 2.56. The SMILES string of the molecule is CC1CCCC1(C#N)C1(O)CCCC1. The molecule has 0 amide bonds. The third-order valence-corrected chi connectivity index (χ3v) is 4.51. The summed E-state index contributed by atoms with van der Waals surface area (Å²) in [6.07, 6.45) is 6.98. The Bertz CT molecular complexity index is 262. The Hall–Kier alpha value is -0.550. The Labute approximate surface area is 85.9 Å². The third kappa shape index (κ3) is 1.12. The molecule has 0 radical (unpaired) electrons. The topological polar surface area (TPSA) is 44.0 Å². The van der Waals surface area contributed by atoms with Crippen LogP contribution in [0.25, 0.3) is 0 Å². The summed E-state index contributed by atoms with van der Waals surface area (Å²) in [7, 11) is 0. The minimum atomic E-state index is -0.669. The van der Waals surface area contributed by atoms with Crippen LogP contribution >= 0.6 is 0 Å². The monoisotopic (exact) mass is 193 g/mol. The maximum absolute atomic E-state index is 10.6. The molecule has 0 saturated heterocycles. The molecule has 2 nitrogen and oxygen atoms in total. The summed E-state index contributed by atoms with van der Waals surface area (Å²) in [6, 6.07) is 2.46. The minimum Gasteiger partial charge on any atom is -0.388 e. The van der Waals surface area contributed by atoms with Crippen molar-refractivity contribution in [1.29, 1.82) is 5.26 Å². The molecule has 2 fully saturated rings. The Kier molecular flexibility index (Phi) is 2.31. The molecule has 2 saturated carbocycles. The van der Waals surface area contributed by atoms with Gasteiger partial charge in [0.2, 0.25) is 0 Å². The molecule has 0 aromatic carbocycles. The second-order valence-electron chi connectivity index (χ2n) is 5.12. The van der Waals surface area contributed by atoms with Gasteiger partial charge in [-0.15, -0.1) is 0 Å². The van der Waals surface area contributed by atoms with Crippen LogP contribution in [0, 0.1) is 22.7 Å². The van der Waals surface area contributed by atoms with Gasteiger partial charge < -0.3 is 5.11 Å². The van der Waals surface area contributed by atoms with E-state index in [1.54, 1.807) is 0 Å². The highest BCUT2D eigenvalue weighted by molar-refractivity contribution is 5.17. The third-order valence-electron chi connectivity index (χ3n) is 4.51. The van der Waals surface area contributed by atoms with E-state index in [1.807, 2.05) is 0 Å². The van der Waals surface area contributed by atoms with Gasteiger partial charge in [-0.05, 0) is 31.6 Å². The molecule has 2 aliphatic carbocycles. The summed E-state index contributed by atoms with van der Waals surface area (Å²) in [5.41, 5.74) is -1.10. The fraction of sp³-hybridized carbons (Fsp3) is 0.917. The number of hydrogen-bond donors (Lipinski definition) is 1. The summed E-state index contributed by atoms with van der Waals surface area (Å²) in [6.45, 7) is 2.13. The molecule has 0 heterocycles. The first-order valence-corrected chi connectivity index (χ1v) is 5.78. The zero-order valence-electron chi connectivity index (χ0n) is 8.92. The van der Waals surface area contributed by atoms with Crippen molar-refractivity contribution in [2.24, 2.45) is 11.3 Å². The van der Waals surface area contributed by atoms with Gasteiger partial charge in [0.1, 0.15) is 0 Å². The van der Waals surface area contributed by atoms with Gasteiger partial charge >= 0.3 is 0 Å². The summed E-state index contributed by atoms with van der Waals surface area (Å²) in [4.78, 5) is 0. The second kappa shape index (κ2) is 3.24. The largest absolute Gasteiger partial charge is 0.388 e. The van der Waals surface area contributed by atoms with Crippen molar-refractivity contribution in [1.82, 2.24) is 0 Å². The highest BCUT2D eigenvalue weighted by Crippen LogP contribution is 2.55. The van der Waals surface area contributed by atoms with Crippen molar-refractivity contribution in [3.05, 3.63) is 0 Å². The molecule has 0 aromatic rings. The van der Waals surface area contributed by atoms with Crippen LogP contribution in [0.1, 0.15) is 51.9 Å². The van der Waals surface area contributed by atoms with Gasteiger partial charge in [-0.25, -0.2) is 0 Å². The van der Waals surface area contributed by atoms with Gasteiger partial charge in [0, 0.05) is 0 Å². The molecule has 2 rings (SSSR count). The van der Waals surface area contributed by atoms with E-state index >= 15 is 0 Å². The lowest BCUT2D eigenvalue weighted by Gasteiger charge is -2.40. The average molecular weight is 193 g/mol. The van der Waals surface area contributed by atoms with Crippen molar-refractivity contribution < 1.29 is 5.11 Å². The maximum Gasteiger partial charge on any atom is 0.0885 e. The number of rotatable bonds is 1. The van der Waals surface area contributed by atoms with E-state index in [0.717, 1.165) is 44.9 Å². The molecule has 0 aliphatic heterocycles. The number of aliphatic hydroxyl groups is 1. The van der Waals surface area contributed by atoms with Crippen LogP contribution in [0.3, 0.4) is 0 Å². The number of hydrogen-bond acceptors (Lipinski definition) is 2. The van der Waals surface area contributed by atoms with E-state index in [2.05, 4.69) is 13.0 Å². The molecule has 0 spiro atoms. The lowest BCUT2D eigenvalue weighted by molar-refractivity contribution is -0.0653. The van der Waals surface area contributed by atoms with Gasteiger partial charge in [0.15, 0.2) is 0 Å². The van der Waals surface area contributed by atoms with Crippen LogP contribution in [-0.4, -0.2) is 10.7 Å². The fourth-order valence-electron chi connectivity index (χ4n) is 3.55. The fourth-order valence-corrected chi connectivity index (χ4v) is 3.55. The van der Waals surface area contributed by atoms with Crippen LogP contribution < -0.4 is 0 Å². The predicted molar refractivity (Wildman–Crippen MR) is 54.5 cm³/mol. The van der Waals surface area contributed by atoms with Crippen LogP contribution in [0.4, 0.5) is 0 Å². The van der Waals surface area contributed by atoms with E-state index in [-0.39, 0.29) is 0 Å². The van der Waals surface area contributed by atoms with Crippen molar-refractivity contribution >= 4 is 0 Å². The van der Waals surface area contributed by atoms with Crippen molar-refractivity contribution in [3.63, 3.8) is 0 Å².